The first-order valence-electron chi connectivity index (χ1n) is 6.10. The monoisotopic (exact) mass is 247 g/mol. The molecule has 0 bridgehead atoms. The summed E-state index contributed by atoms with van der Waals surface area (Å²) in [6.07, 6.45) is 0. The quantitative estimate of drug-likeness (QED) is 0.835. The van der Waals surface area contributed by atoms with E-state index in [0.29, 0.717) is 5.56 Å². The van der Waals surface area contributed by atoms with Crippen molar-refractivity contribution in [2.24, 2.45) is 5.41 Å². The fourth-order valence-electron chi connectivity index (χ4n) is 1.44. The highest BCUT2D eigenvalue weighted by Gasteiger charge is 2.21. The van der Waals surface area contributed by atoms with Gasteiger partial charge in [0.05, 0.1) is 6.54 Å². The fraction of sp³-hybridized carbons (Fsp3) is 0.467. The Balaban J connectivity index is 2.66. The Kier molecular flexibility index (Phi) is 4.28. The largest absolute Gasteiger partial charge is 0.348 e. The van der Waals surface area contributed by atoms with E-state index in [2.05, 4.69) is 5.32 Å². The van der Waals surface area contributed by atoms with Crippen LogP contribution in [0.15, 0.2) is 18.2 Å². The maximum Gasteiger partial charge on any atom is 0.225 e. The Morgan fingerprint density at radius 1 is 1.11 bits per heavy atom. The van der Waals surface area contributed by atoms with Crippen molar-refractivity contribution in [1.29, 1.82) is 0 Å². The van der Waals surface area contributed by atoms with Crippen LogP contribution < -0.4 is 5.32 Å². The zero-order chi connectivity index (χ0) is 13.9. The third-order valence-corrected chi connectivity index (χ3v) is 2.92. The Morgan fingerprint density at radius 3 is 2.22 bits per heavy atom. The summed E-state index contributed by atoms with van der Waals surface area (Å²) in [5.41, 5.74) is 2.42. The summed E-state index contributed by atoms with van der Waals surface area (Å²) >= 11 is 0. The minimum Gasteiger partial charge on any atom is -0.348 e. The van der Waals surface area contributed by atoms with Crippen LogP contribution in [0.4, 0.5) is 0 Å². The minimum atomic E-state index is -0.469. The van der Waals surface area contributed by atoms with Gasteiger partial charge in [-0.25, -0.2) is 0 Å². The number of benzene rings is 1. The molecule has 0 atom stereocenters. The van der Waals surface area contributed by atoms with Crippen LogP contribution in [-0.4, -0.2) is 18.2 Å². The number of hydrogen-bond donors (Lipinski definition) is 1. The number of ketones is 1. The molecule has 0 aliphatic heterocycles. The number of aryl methyl sites for hydroxylation is 2. The molecule has 0 saturated carbocycles. The molecular weight excluding hydrogens is 226 g/mol. The normalized spacial score (nSPS) is 11.2. The lowest BCUT2D eigenvalue weighted by Crippen LogP contribution is -2.37. The highest BCUT2D eigenvalue weighted by atomic mass is 16.2. The van der Waals surface area contributed by atoms with E-state index in [1.54, 1.807) is 6.07 Å². The SMILES string of the molecule is Cc1ccc(C(=O)CNC(=O)C(C)(C)C)cc1C. The third-order valence-electron chi connectivity index (χ3n) is 2.92. The number of carbonyl (C=O) groups is 2. The van der Waals surface area contributed by atoms with Gasteiger partial charge >= 0.3 is 0 Å². The molecule has 1 N–H and O–H groups in total. The average molecular weight is 247 g/mol. The third kappa shape index (κ3) is 3.69. The molecule has 0 heterocycles. The van der Waals surface area contributed by atoms with Gasteiger partial charge in [-0.2, -0.15) is 0 Å². The van der Waals surface area contributed by atoms with Crippen LogP contribution in [0, 0.1) is 19.3 Å². The summed E-state index contributed by atoms with van der Waals surface area (Å²) in [6, 6.07) is 5.59. The zero-order valence-electron chi connectivity index (χ0n) is 11.8. The topological polar surface area (TPSA) is 46.2 Å². The summed E-state index contributed by atoms with van der Waals surface area (Å²) < 4.78 is 0. The van der Waals surface area contributed by atoms with Crippen molar-refractivity contribution in [1.82, 2.24) is 5.32 Å². The van der Waals surface area contributed by atoms with Crippen LogP contribution in [0.25, 0.3) is 0 Å². The average Bonchev–Trinajstić information content (AvgIpc) is 2.27. The van der Waals surface area contributed by atoms with Gasteiger partial charge in [-0.1, -0.05) is 32.9 Å². The van der Waals surface area contributed by atoms with Crippen LogP contribution >= 0.6 is 0 Å². The lowest BCUT2D eigenvalue weighted by Gasteiger charge is -2.17. The first kappa shape index (κ1) is 14.4. The van der Waals surface area contributed by atoms with Crippen molar-refractivity contribution < 1.29 is 9.59 Å². The molecule has 3 heteroatoms. The Hall–Kier alpha value is -1.64. The molecule has 0 spiro atoms. The van der Waals surface area contributed by atoms with Gasteiger partial charge < -0.3 is 5.32 Å². The van der Waals surface area contributed by atoms with E-state index >= 15 is 0 Å². The zero-order valence-corrected chi connectivity index (χ0v) is 11.8. The molecule has 1 aromatic rings. The number of nitrogens with one attached hydrogen (secondary N) is 1. The number of hydrogen-bond acceptors (Lipinski definition) is 2. The Labute approximate surface area is 109 Å². The summed E-state index contributed by atoms with van der Waals surface area (Å²) in [4.78, 5) is 23.6. The van der Waals surface area contributed by atoms with Gasteiger partial charge in [-0.05, 0) is 31.0 Å². The Morgan fingerprint density at radius 2 is 1.72 bits per heavy atom. The van der Waals surface area contributed by atoms with Crippen LogP contribution in [0.5, 0.6) is 0 Å². The summed E-state index contributed by atoms with van der Waals surface area (Å²) in [7, 11) is 0. The molecule has 0 fully saturated rings. The highest BCUT2D eigenvalue weighted by Crippen LogP contribution is 2.13. The fourth-order valence-corrected chi connectivity index (χ4v) is 1.44. The summed E-state index contributed by atoms with van der Waals surface area (Å²) in [5.74, 6) is -0.171. The molecule has 1 rings (SSSR count). The van der Waals surface area contributed by atoms with Crippen molar-refractivity contribution >= 4 is 11.7 Å². The lowest BCUT2D eigenvalue weighted by atomic mass is 9.95. The maximum absolute atomic E-state index is 11.9. The second kappa shape index (κ2) is 5.34. The highest BCUT2D eigenvalue weighted by molar-refractivity contribution is 5.99. The van der Waals surface area contributed by atoms with Gasteiger partial charge in [0.1, 0.15) is 0 Å². The number of rotatable bonds is 3. The van der Waals surface area contributed by atoms with Crippen LogP contribution in [0.3, 0.4) is 0 Å². The van der Waals surface area contributed by atoms with Gasteiger partial charge in [-0.3, -0.25) is 9.59 Å². The summed E-state index contributed by atoms with van der Waals surface area (Å²) in [6.45, 7) is 9.50. The van der Waals surface area contributed by atoms with Crippen molar-refractivity contribution in [3.63, 3.8) is 0 Å². The Bertz CT molecular complexity index is 470. The molecule has 0 aliphatic rings. The van der Waals surface area contributed by atoms with Crippen molar-refractivity contribution in [3.05, 3.63) is 34.9 Å². The molecule has 98 valence electrons. The number of amides is 1. The van der Waals surface area contributed by atoms with Crippen LogP contribution in [-0.2, 0) is 4.79 Å². The second-order valence-electron chi connectivity index (χ2n) is 5.65. The van der Waals surface area contributed by atoms with Gasteiger partial charge in [0, 0.05) is 11.0 Å². The molecule has 0 saturated heterocycles. The molecule has 1 amide bonds. The first-order chi connectivity index (χ1) is 8.21. The van der Waals surface area contributed by atoms with Gasteiger partial charge in [-0.15, -0.1) is 0 Å². The van der Waals surface area contributed by atoms with Crippen LogP contribution in [0.1, 0.15) is 42.3 Å². The van der Waals surface area contributed by atoms with E-state index in [4.69, 9.17) is 0 Å². The maximum atomic E-state index is 11.9. The van der Waals surface area contributed by atoms with Crippen molar-refractivity contribution in [3.8, 4) is 0 Å². The predicted molar refractivity (Wildman–Crippen MR) is 72.7 cm³/mol. The van der Waals surface area contributed by atoms with Crippen molar-refractivity contribution in [2.45, 2.75) is 34.6 Å². The molecule has 0 aliphatic carbocycles. The molecule has 0 radical (unpaired) electrons. The van der Waals surface area contributed by atoms with Gasteiger partial charge in [0.15, 0.2) is 5.78 Å². The predicted octanol–water partition coefficient (Wildman–Crippen LogP) is 2.65. The molecule has 0 aromatic heterocycles. The smallest absolute Gasteiger partial charge is 0.225 e. The van der Waals surface area contributed by atoms with Gasteiger partial charge in [0.25, 0.3) is 0 Å². The van der Waals surface area contributed by atoms with E-state index in [1.165, 1.54) is 0 Å². The van der Waals surface area contributed by atoms with E-state index in [1.807, 2.05) is 46.8 Å². The second-order valence-corrected chi connectivity index (χ2v) is 5.65. The number of carbonyl (C=O) groups excluding carboxylic acids is 2. The first-order valence-corrected chi connectivity index (χ1v) is 6.10. The molecule has 0 unspecified atom stereocenters. The van der Waals surface area contributed by atoms with Gasteiger partial charge in [0.2, 0.25) is 5.91 Å². The van der Waals surface area contributed by atoms with E-state index in [-0.39, 0.29) is 18.2 Å². The van der Waals surface area contributed by atoms with Crippen molar-refractivity contribution in [2.75, 3.05) is 6.54 Å². The summed E-state index contributed by atoms with van der Waals surface area (Å²) in [5, 5.41) is 2.67. The van der Waals surface area contributed by atoms with E-state index < -0.39 is 5.41 Å². The molecule has 3 nitrogen and oxygen atoms in total. The minimum absolute atomic E-state index is 0.0542. The van der Waals surface area contributed by atoms with Crippen LogP contribution in [0.2, 0.25) is 0 Å². The van der Waals surface area contributed by atoms with E-state index in [0.717, 1.165) is 11.1 Å². The molecule has 18 heavy (non-hydrogen) atoms. The number of Topliss-reactive ketones (excluding diaryl/α,β-unsaturated/α-hetero) is 1. The standard InChI is InChI=1S/C15H21NO2/c1-10-6-7-12(8-11(10)2)13(17)9-16-14(18)15(3,4)5/h6-8H,9H2,1-5H3,(H,16,18). The molecule has 1 aromatic carbocycles. The lowest BCUT2D eigenvalue weighted by molar-refractivity contribution is -0.128. The molecular formula is C15H21NO2. The van der Waals surface area contributed by atoms with E-state index in [9.17, 15) is 9.59 Å².